The van der Waals surface area contributed by atoms with Crippen molar-refractivity contribution < 1.29 is 23.9 Å². The molecule has 0 aliphatic carbocycles. The van der Waals surface area contributed by atoms with Crippen molar-refractivity contribution in [3.8, 4) is 5.75 Å². The van der Waals surface area contributed by atoms with Crippen LogP contribution in [0.3, 0.4) is 0 Å². The summed E-state index contributed by atoms with van der Waals surface area (Å²) in [6.45, 7) is 8.10. The summed E-state index contributed by atoms with van der Waals surface area (Å²) in [5, 5.41) is 11.6. The number of nitrogens with two attached hydrogens (primary N) is 1. The van der Waals surface area contributed by atoms with Crippen LogP contribution in [0.15, 0.2) is 24.3 Å². The molecule has 1 aromatic rings. The SMILES string of the molecule is CC[C@H](N)C(=O)N[C@@H]1C(=O)N2[C@@H](CC[C@@H]1CNC(=O)NC(C)(C)C)CC[C@H]2C(=O)NCCc1ccc(OC)cc1. The maximum absolute atomic E-state index is 14.0. The Morgan fingerprint density at radius 3 is 2.38 bits per heavy atom. The first kappa shape index (κ1) is 31.2. The molecule has 40 heavy (non-hydrogen) atoms. The molecule has 2 aliphatic rings. The van der Waals surface area contributed by atoms with Crippen LogP contribution in [-0.2, 0) is 20.8 Å². The fourth-order valence-electron chi connectivity index (χ4n) is 5.39. The number of benzene rings is 1. The van der Waals surface area contributed by atoms with Crippen LogP contribution in [0.25, 0.3) is 0 Å². The number of carbonyl (C=O) groups excluding carboxylic acids is 4. The molecule has 2 aliphatic heterocycles. The molecule has 2 saturated heterocycles. The molecule has 0 spiro atoms. The molecule has 0 unspecified atom stereocenters. The van der Waals surface area contributed by atoms with Crippen LogP contribution in [0.2, 0.25) is 0 Å². The van der Waals surface area contributed by atoms with Crippen molar-refractivity contribution in [3.05, 3.63) is 29.8 Å². The molecular weight excluding hydrogens is 512 g/mol. The molecule has 0 bridgehead atoms. The van der Waals surface area contributed by atoms with Crippen molar-refractivity contribution in [2.24, 2.45) is 11.7 Å². The third-order valence-corrected chi connectivity index (χ3v) is 7.63. The lowest BCUT2D eigenvalue weighted by atomic mass is 9.92. The lowest BCUT2D eigenvalue weighted by Gasteiger charge is -2.32. The third kappa shape index (κ3) is 8.33. The van der Waals surface area contributed by atoms with E-state index in [4.69, 9.17) is 10.5 Å². The number of methoxy groups -OCH3 is 1. The highest BCUT2D eigenvalue weighted by molar-refractivity contribution is 5.94. The summed E-state index contributed by atoms with van der Waals surface area (Å²) in [7, 11) is 1.62. The summed E-state index contributed by atoms with van der Waals surface area (Å²) in [6.07, 6.45) is 3.65. The van der Waals surface area contributed by atoms with Gasteiger partial charge in [0.15, 0.2) is 0 Å². The Balaban J connectivity index is 1.70. The van der Waals surface area contributed by atoms with Gasteiger partial charge < -0.3 is 36.6 Å². The molecule has 2 heterocycles. The van der Waals surface area contributed by atoms with Crippen LogP contribution >= 0.6 is 0 Å². The van der Waals surface area contributed by atoms with E-state index in [1.807, 2.05) is 45.0 Å². The third-order valence-electron chi connectivity index (χ3n) is 7.63. The second-order valence-corrected chi connectivity index (χ2v) is 11.8. The average molecular weight is 559 g/mol. The van der Waals surface area contributed by atoms with Gasteiger partial charge in [-0.25, -0.2) is 4.79 Å². The number of amides is 5. The van der Waals surface area contributed by atoms with Crippen LogP contribution < -0.4 is 31.7 Å². The second-order valence-electron chi connectivity index (χ2n) is 11.8. The van der Waals surface area contributed by atoms with Crippen molar-refractivity contribution in [2.75, 3.05) is 20.2 Å². The van der Waals surface area contributed by atoms with Crippen LogP contribution in [0, 0.1) is 5.92 Å². The normalized spacial score (nSPS) is 23.4. The molecule has 3 rings (SSSR count). The second kappa shape index (κ2) is 13.8. The monoisotopic (exact) mass is 558 g/mol. The van der Waals surface area contributed by atoms with Gasteiger partial charge in [-0.05, 0) is 77.0 Å². The predicted molar refractivity (Wildman–Crippen MR) is 153 cm³/mol. The lowest BCUT2D eigenvalue weighted by molar-refractivity contribution is -0.143. The summed E-state index contributed by atoms with van der Waals surface area (Å²) in [4.78, 5) is 54.2. The van der Waals surface area contributed by atoms with Crippen molar-refractivity contribution in [3.63, 3.8) is 0 Å². The standard InChI is InChI=1S/C29H46N6O5/c1-6-22(30)25(36)33-24-19(17-32-28(39)34-29(2,3)4)9-10-20-11-14-23(35(20)27(24)38)26(37)31-16-15-18-7-12-21(40-5)13-8-18/h7-8,12-13,19-20,22-24H,6,9-11,14-17,30H2,1-5H3,(H,31,37)(H,33,36)(H2,32,34,39)/t19-,20+,22+,23+,24+/m1/s1. The predicted octanol–water partition coefficient (Wildman–Crippen LogP) is 1.44. The number of rotatable bonds is 10. The van der Waals surface area contributed by atoms with Crippen molar-refractivity contribution >= 4 is 23.8 Å². The van der Waals surface area contributed by atoms with Gasteiger partial charge in [-0.15, -0.1) is 0 Å². The van der Waals surface area contributed by atoms with Crippen LogP contribution in [0.5, 0.6) is 5.75 Å². The Hall–Kier alpha value is -3.34. The van der Waals surface area contributed by atoms with Gasteiger partial charge in [0.25, 0.3) is 0 Å². The number of ether oxygens (including phenoxy) is 1. The minimum Gasteiger partial charge on any atom is -0.497 e. The van der Waals surface area contributed by atoms with E-state index in [1.165, 1.54) is 0 Å². The maximum Gasteiger partial charge on any atom is 0.315 e. The number of hydrogen-bond acceptors (Lipinski definition) is 6. The highest BCUT2D eigenvalue weighted by Gasteiger charge is 2.47. The van der Waals surface area contributed by atoms with E-state index in [-0.39, 0.29) is 36.3 Å². The van der Waals surface area contributed by atoms with E-state index in [0.717, 1.165) is 11.3 Å². The molecule has 5 amide bonds. The average Bonchev–Trinajstić information content (AvgIpc) is 3.29. The fraction of sp³-hybridized carbons (Fsp3) is 0.655. The first-order valence-corrected chi connectivity index (χ1v) is 14.3. The van der Waals surface area contributed by atoms with Crippen molar-refractivity contribution in [1.82, 2.24) is 26.2 Å². The number of fused-ring (bicyclic) bond motifs is 1. The molecule has 0 radical (unpaired) electrons. The molecule has 5 atom stereocenters. The van der Waals surface area contributed by atoms with Crippen LogP contribution in [-0.4, -0.2) is 78.6 Å². The van der Waals surface area contributed by atoms with Gasteiger partial charge in [0.1, 0.15) is 17.8 Å². The molecule has 1 aromatic carbocycles. The van der Waals surface area contributed by atoms with Crippen LogP contribution in [0.1, 0.15) is 65.4 Å². The summed E-state index contributed by atoms with van der Waals surface area (Å²) in [5.41, 5.74) is 6.62. The number of nitrogens with one attached hydrogen (secondary N) is 4. The smallest absolute Gasteiger partial charge is 0.315 e. The quantitative estimate of drug-likeness (QED) is 0.293. The Morgan fingerprint density at radius 1 is 1.07 bits per heavy atom. The minimum atomic E-state index is -0.891. The Kier molecular flexibility index (Phi) is 10.8. The summed E-state index contributed by atoms with van der Waals surface area (Å²) in [5.74, 6) is -0.469. The minimum absolute atomic E-state index is 0.0995. The molecule has 0 saturated carbocycles. The molecule has 11 heteroatoms. The number of carbonyl (C=O) groups is 4. The van der Waals surface area contributed by atoms with Gasteiger partial charge in [-0.1, -0.05) is 19.1 Å². The molecule has 222 valence electrons. The first-order valence-electron chi connectivity index (χ1n) is 14.3. The fourth-order valence-corrected chi connectivity index (χ4v) is 5.39. The summed E-state index contributed by atoms with van der Waals surface area (Å²) < 4.78 is 5.19. The highest BCUT2D eigenvalue weighted by Crippen LogP contribution is 2.34. The van der Waals surface area contributed by atoms with E-state index in [9.17, 15) is 19.2 Å². The zero-order chi connectivity index (χ0) is 29.4. The summed E-state index contributed by atoms with van der Waals surface area (Å²) in [6, 6.07) is 4.99. The van der Waals surface area contributed by atoms with Gasteiger partial charge in [-0.3, -0.25) is 14.4 Å². The molecule has 2 fully saturated rings. The number of urea groups is 1. The Bertz CT molecular complexity index is 1040. The van der Waals surface area contributed by atoms with Gasteiger partial charge in [0.05, 0.1) is 13.2 Å². The van der Waals surface area contributed by atoms with E-state index < -0.39 is 29.6 Å². The van der Waals surface area contributed by atoms with E-state index >= 15 is 0 Å². The number of hydrogen-bond donors (Lipinski definition) is 5. The largest absolute Gasteiger partial charge is 0.497 e. The zero-order valence-electron chi connectivity index (χ0n) is 24.4. The van der Waals surface area contributed by atoms with Gasteiger partial charge in [0.2, 0.25) is 17.7 Å². The lowest BCUT2D eigenvalue weighted by Crippen LogP contribution is -2.59. The topological polar surface area (TPSA) is 155 Å². The molecule has 6 N–H and O–H groups in total. The van der Waals surface area contributed by atoms with Gasteiger partial charge >= 0.3 is 6.03 Å². The molecule has 11 nitrogen and oxygen atoms in total. The van der Waals surface area contributed by atoms with Crippen molar-refractivity contribution in [1.29, 1.82) is 0 Å². The van der Waals surface area contributed by atoms with Crippen LogP contribution in [0.4, 0.5) is 4.79 Å². The van der Waals surface area contributed by atoms with Gasteiger partial charge in [0, 0.05) is 30.6 Å². The zero-order valence-corrected chi connectivity index (χ0v) is 24.4. The maximum atomic E-state index is 14.0. The summed E-state index contributed by atoms with van der Waals surface area (Å²) >= 11 is 0. The molecular formula is C29H46N6O5. The highest BCUT2D eigenvalue weighted by atomic mass is 16.5. The Morgan fingerprint density at radius 2 is 1.75 bits per heavy atom. The Labute approximate surface area is 237 Å². The molecule has 0 aromatic heterocycles. The number of nitrogens with zero attached hydrogens (tertiary/aromatic N) is 1. The first-order chi connectivity index (χ1) is 18.9. The van der Waals surface area contributed by atoms with Crippen molar-refractivity contribution in [2.45, 2.75) is 95.9 Å². The van der Waals surface area contributed by atoms with E-state index in [2.05, 4.69) is 21.3 Å². The van der Waals surface area contributed by atoms with E-state index in [0.29, 0.717) is 45.1 Å². The van der Waals surface area contributed by atoms with E-state index in [1.54, 1.807) is 18.9 Å². The van der Waals surface area contributed by atoms with Gasteiger partial charge in [-0.2, -0.15) is 0 Å².